The Morgan fingerprint density at radius 3 is 3.00 bits per heavy atom. The second-order valence-electron chi connectivity index (χ2n) is 3.60. The van der Waals surface area contributed by atoms with Gasteiger partial charge in [-0.05, 0) is 18.7 Å². The Hall–Kier alpha value is -0.680. The number of hydrogen-bond donors (Lipinski definition) is 1. The largest absolute Gasteiger partial charge is 0.350 e. The third kappa shape index (κ3) is 2.35. The molecule has 0 spiro atoms. The fraction of sp³-hybridized carbons (Fsp3) is 0.455. The Morgan fingerprint density at radius 2 is 2.31 bits per heavy atom. The van der Waals surface area contributed by atoms with Crippen LogP contribution in [-0.4, -0.2) is 19.4 Å². The van der Waals surface area contributed by atoms with Gasteiger partial charge in [-0.1, -0.05) is 17.7 Å². The molecule has 3 nitrogen and oxygen atoms in total. The normalized spacial score (nSPS) is 24.9. The summed E-state index contributed by atoms with van der Waals surface area (Å²) in [4.78, 5) is 0. The first-order valence-electron chi connectivity index (χ1n) is 5.13. The van der Waals surface area contributed by atoms with Crippen LogP contribution in [0, 0.1) is 5.82 Å². The van der Waals surface area contributed by atoms with Gasteiger partial charge in [0, 0.05) is 17.0 Å². The van der Waals surface area contributed by atoms with E-state index in [2.05, 4.69) is 0 Å². The third-order valence-corrected chi connectivity index (χ3v) is 2.80. The molecule has 0 saturated carbocycles. The van der Waals surface area contributed by atoms with E-state index in [1.807, 2.05) is 0 Å². The highest BCUT2D eigenvalue weighted by Crippen LogP contribution is 2.33. The van der Waals surface area contributed by atoms with E-state index in [-0.39, 0.29) is 12.1 Å². The van der Waals surface area contributed by atoms with Crippen molar-refractivity contribution in [1.82, 2.24) is 0 Å². The van der Waals surface area contributed by atoms with E-state index in [9.17, 15) is 4.39 Å². The van der Waals surface area contributed by atoms with Gasteiger partial charge in [0.05, 0.1) is 6.61 Å². The van der Waals surface area contributed by atoms with Gasteiger partial charge in [0.15, 0.2) is 6.29 Å². The molecule has 1 saturated heterocycles. The standard InChI is InChI=1S/C11H13ClFNO2/c12-7-2-1-3-8(13)11(7)9-6-15-10(16-9)4-5-14/h1-3,9-10H,4-6,14H2. The smallest absolute Gasteiger partial charge is 0.159 e. The highest BCUT2D eigenvalue weighted by Gasteiger charge is 2.30. The van der Waals surface area contributed by atoms with Crippen molar-refractivity contribution in [2.75, 3.05) is 13.2 Å². The van der Waals surface area contributed by atoms with E-state index in [1.165, 1.54) is 6.07 Å². The van der Waals surface area contributed by atoms with Gasteiger partial charge in [0.1, 0.15) is 11.9 Å². The number of nitrogens with two attached hydrogens (primary N) is 1. The molecule has 5 heteroatoms. The Labute approximate surface area is 98.3 Å². The maximum Gasteiger partial charge on any atom is 0.159 e. The molecule has 1 heterocycles. The Balaban J connectivity index is 2.14. The van der Waals surface area contributed by atoms with Crippen LogP contribution < -0.4 is 5.73 Å². The summed E-state index contributed by atoms with van der Waals surface area (Å²) in [7, 11) is 0. The molecule has 1 aliphatic rings. The van der Waals surface area contributed by atoms with E-state index >= 15 is 0 Å². The maximum absolute atomic E-state index is 13.6. The predicted molar refractivity (Wildman–Crippen MR) is 58.6 cm³/mol. The number of hydrogen-bond acceptors (Lipinski definition) is 3. The first-order chi connectivity index (χ1) is 7.72. The molecule has 16 heavy (non-hydrogen) atoms. The zero-order chi connectivity index (χ0) is 11.5. The lowest BCUT2D eigenvalue weighted by atomic mass is 10.1. The first-order valence-corrected chi connectivity index (χ1v) is 5.51. The quantitative estimate of drug-likeness (QED) is 0.888. The summed E-state index contributed by atoms with van der Waals surface area (Å²) in [6.45, 7) is 0.785. The van der Waals surface area contributed by atoms with Crippen LogP contribution in [0.4, 0.5) is 4.39 Å². The summed E-state index contributed by atoms with van der Waals surface area (Å²) in [5.41, 5.74) is 5.76. The van der Waals surface area contributed by atoms with Crippen molar-refractivity contribution in [2.24, 2.45) is 5.73 Å². The van der Waals surface area contributed by atoms with Crippen molar-refractivity contribution in [3.05, 3.63) is 34.6 Å². The van der Waals surface area contributed by atoms with Crippen LogP contribution in [0.3, 0.4) is 0 Å². The molecule has 0 aromatic heterocycles. The molecule has 1 aromatic carbocycles. The number of ether oxygens (including phenoxy) is 2. The SMILES string of the molecule is NCCC1OCC(c2c(F)cccc2Cl)O1. The van der Waals surface area contributed by atoms with Crippen molar-refractivity contribution in [3.63, 3.8) is 0 Å². The van der Waals surface area contributed by atoms with Crippen LogP contribution in [-0.2, 0) is 9.47 Å². The average Bonchev–Trinajstić information content (AvgIpc) is 2.67. The number of benzene rings is 1. The summed E-state index contributed by atoms with van der Waals surface area (Å²) < 4.78 is 24.4. The zero-order valence-electron chi connectivity index (χ0n) is 8.66. The topological polar surface area (TPSA) is 44.5 Å². The minimum Gasteiger partial charge on any atom is -0.350 e. The zero-order valence-corrected chi connectivity index (χ0v) is 9.41. The molecule has 1 aliphatic heterocycles. The first kappa shape index (κ1) is 11.8. The van der Waals surface area contributed by atoms with Gasteiger partial charge in [-0.2, -0.15) is 0 Å². The molecule has 1 fully saturated rings. The Kier molecular flexibility index (Phi) is 3.76. The summed E-state index contributed by atoms with van der Waals surface area (Å²) >= 11 is 5.93. The van der Waals surface area contributed by atoms with E-state index in [0.717, 1.165) is 0 Å². The van der Waals surface area contributed by atoms with Gasteiger partial charge in [-0.25, -0.2) is 4.39 Å². The fourth-order valence-corrected chi connectivity index (χ4v) is 2.00. The average molecular weight is 246 g/mol. The van der Waals surface area contributed by atoms with Gasteiger partial charge in [0.2, 0.25) is 0 Å². The van der Waals surface area contributed by atoms with E-state index in [0.29, 0.717) is 30.2 Å². The van der Waals surface area contributed by atoms with Gasteiger partial charge < -0.3 is 15.2 Å². The molecule has 1 aromatic rings. The van der Waals surface area contributed by atoms with Crippen LogP contribution in [0.1, 0.15) is 18.1 Å². The summed E-state index contributed by atoms with van der Waals surface area (Å²) in [5, 5.41) is 0.363. The van der Waals surface area contributed by atoms with Gasteiger partial charge in [0.25, 0.3) is 0 Å². The van der Waals surface area contributed by atoms with Crippen molar-refractivity contribution in [3.8, 4) is 0 Å². The van der Waals surface area contributed by atoms with Crippen LogP contribution in [0.25, 0.3) is 0 Å². The molecular weight excluding hydrogens is 233 g/mol. The molecule has 2 rings (SSSR count). The summed E-state index contributed by atoms with van der Waals surface area (Å²) in [5.74, 6) is -0.366. The van der Waals surface area contributed by atoms with Crippen molar-refractivity contribution in [1.29, 1.82) is 0 Å². The molecule has 88 valence electrons. The second-order valence-corrected chi connectivity index (χ2v) is 4.01. The van der Waals surface area contributed by atoms with Crippen LogP contribution >= 0.6 is 11.6 Å². The van der Waals surface area contributed by atoms with Gasteiger partial charge in [-0.15, -0.1) is 0 Å². The third-order valence-electron chi connectivity index (χ3n) is 2.47. The number of halogens is 2. The fourth-order valence-electron chi connectivity index (χ4n) is 1.71. The lowest BCUT2D eigenvalue weighted by molar-refractivity contribution is -0.0610. The predicted octanol–water partition coefficient (Wildman–Crippen LogP) is 2.24. The van der Waals surface area contributed by atoms with E-state index in [1.54, 1.807) is 12.1 Å². The Morgan fingerprint density at radius 1 is 1.50 bits per heavy atom. The van der Waals surface area contributed by atoms with Gasteiger partial charge >= 0.3 is 0 Å². The van der Waals surface area contributed by atoms with Crippen LogP contribution in [0.5, 0.6) is 0 Å². The van der Waals surface area contributed by atoms with E-state index in [4.69, 9.17) is 26.8 Å². The summed E-state index contributed by atoms with van der Waals surface area (Å²) in [6.07, 6.45) is -0.196. The molecule has 2 unspecified atom stereocenters. The van der Waals surface area contributed by atoms with Crippen molar-refractivity contribution >= 4 is 11.6 Å². The monoisotopic (exact) mass is 245 g/mol. The van der Waals surface area contributed by atoms with Crippen molar-refractivity contribution < 1.29 is 13.9 Å². The lowest BCUT2D eigenvalue weighted by Gasteiger charge is -2.12. The molecule has 0 bridgehead atoms. The minimum atomic E-state index is -0.440. The lowest BCUT2D eigenvalue weighted by Crippen LogP contribution is -2.14. The highest BCUT2D eigenvalue weighted by molar-refractivity contribution is 6.31. The highest BCUT2D eigenvalue weighted by atomic mass is 35.5. The second kappa shape index (κ2) is 5.10. The molecule has 0 radical (unpaired) electrons. The molecule has 2 atom stereocenters. The van der Waals surface area contributed by atoms with Gasteiger partial charge in [-0.3, -0.25) is 0 Å². The Bertz CT molecular complexity index is 355. The molecular formula is C11H13ClFNO2. The van der Waals surface area contributed by atoms with Crippen molar-refractivity contribution in [2.45, 2.75) is 18.8 Å². The molecule has 0 amide bonds. The summed E-state index contributed by atoms with van der Waals surface area (Å²) in [6, 6.07) is 4.56. The molecule has 0 aliphatic carbocycles. The molecule has 2 N–H and O–H groups in total. The minimum absolute atomic E-state index is 0.311. The van der Waals surface area contributed by atoms with Crippen LogP contribution in [0.15, 0.2) is 18.2 Å². The number of rotatable bonds is 3. The maximum atomic E-state index is 13.6. The van der Waals surface area contributed by atoms with Crippen LogP contribution in [0.2, 0.25) is 5.02 Å². The van der Waals surface area contributed by atoms with E-state index < -0.39 is 6.10 Å².